The van der Waals surface area contributed by atoms with Crippen LogP contribution in [-0.4, -0.2) is 19.6 Å². The number of imidazole rings is 1. The van der Waals surface area contributed by atoms with Gasteiger partial charge in [0, 0.05) is 50.8 Å². The van der Waals surface area contributed by atoms with Crippen molar-refractivity contribution in [2.75, 3.05) is 0 Å². The monoisotopic (exact) mass is 1130 g/mol. The van der Waals surface area contributed by atoms with Crippen molar-refractivity contribution in [2.24, 2.45) is 0 Å². The maximum Gasteiger partial charge on any atom is 0.148 e. The number of phenolic OH excluding ortho intramolecular Hbond substituents is 1. The van der Waals surface area contributed by atoms with Crippen LogP contribution in [0.2, 0.25) is 0 Å². The molecule has 7 aromatic carbocycles. The topological polar surface area (TPSA) is 50.9 Å². The number of benzene rings is 7. The fraction of sp³-hybridized carbons (Fsp3) is 0.273. The average molecular weight is 1130 g/mol. The third-order valence-electron chi connectivity index (χ3n) is 12.9. The molecular formula is C66H68N3OPt-. The van der Waals surface area contributed by atoms with E-state index in [2.05, 4.69) is 113 Å². The fourth-order valence-electron chi connectivity index (χ4n) is 8.78. The molecule has 0 radical (unpaired) electrons. The first-order chi connectivity index (χ1) is 39.8. The molecule has 0 aliphatic carbocycles. The van der Waals surface area contributed by atoms with Gasteiger partial charge in [-0.05, 0) is 102 Å². The SMILES string of the molecule is [2H]c1nc(-c2[c-]c(-c3cccc4c3nc(-c3cc(C(C)C)cc(C(C)C)c3O)n4-c3cc(C(C)(C)C)ccc3-c3ccc(C(C)(C)C)cc3)cc(-c3ccccc3)c2)c([2H])c(-c2c([2H])c([2H])c(C(C([2H])([2H])[2H])(C([2H])([2H])[2H])C([2H])([2H])[2H])c([2H])c2[2H])c1[2H].[Pt]. The van der Waals surface area contributed by atoms with Crippen LogP contribution in [0.1, 0.15) is 151 Å². The summed E-state index contributed by atoms with van der Waals surface area (Å²) in [4.78, 5) is 10.00. The molecule has 0 aliphatic rings. The van der Waals surface area contributed by atoms with Crippen LogP contribution in [-0.2, 0) is 37.3 Å². The molecule has 5 heteroatoms. The van der Waals surface area contributed by atoms with E-state index in [0.29, 0.717) is 44.7 Å². The zero-order valence-corrected chi connectivity index (χ0v) is 44.0. The maximum atomic E-state index is 12.6. The standard InChI is InChI=1S/C66H68N3O.Pt/c1-41(2)47-37-56(42(3)4)62(70)57(38-47)63-68-61-55(20-17-21-59(61)69(63)60-40-53(66(11,12)13)30-31-54(60)45-24-28-52(29-25-45)65(8,9)10)49-34-48(43-18-15-14-16-19-43)35-50(36-49)58-39-46(32-33-67-58)44-22-26-51(27-23-44)64(5,6)7;/h14-35,37-42,70H,1-13H3;/q-1;/i5D3,6D3,7D3,22D,23D,26D,27D,32D,33D,39D;. The Bertz CT molecular complexity index is 4070. The van der Waals surface area contributed by atoms with E-state index < -0.39 is 85.1 Å². The van der Waals surface area contributed by atoms with Crippen LogP contribution in [0.4, 0.5) is 0 Å². The summed E-state index contributed by atoms with van der Waals surface area (Å²) >= 11 is 0. The second-order valence-electron chi connectivity index (χ2n) is 20.8. The average Bonchev–Trinajstić information content (AvgIpc) is 1.08. The number of para-hydroxylation sites is 1. The molecule has 2 aromatic heterocycles. The van der Waals surface area contributed by atoms with Gasteiger partial charge < -0.3 is 5.11 Å². The Kier molecular flexibility index (Phi) is 9.45. The van der Waals surface area contributed by atoms with Crippen molar-refractivity contribution in [3.05, 3.63) is 192 Å². The minimum Gasteiger partial charge on any atom is -0.507 e. The predicted molar refractivity (Wildman–Crippen MR) is 296 cm³/mol. The van der Waals surface area contributed by atoms with E-state index in [-0.39, 0.29) is 60.7 Å². The first-order valence-electron chi connectivity index (χ1n) is 31.7. The smallest absolute Gasteiger partial charge is 0.148 e. The molecule has 0 bridgehead atoms. The molecule has 9 aromatic rings. The summed E-state index contributed by atoms with van der Waals surface area (Å²) in [6.07, 6.45) is -0.759. The number of fused-ring (bicyclic) bond motifs is 1. The van der Waals surface area contributed by atoms with Crippen LogP contribution < -0.4 is 0 Å². The van der Waals surface area contributed by atoms with E-state index >= 15 is 0 Å². The van der Waals surface area contributed by atoms with Crippen molar-refractivity contribution >= 4 is 11.0 Å². The van der Waals surface area contributed by atoms with Crippen molar-refractivity contribution in [2.45, 2.75) is 118 Å². The third kappa shape index (κ3) is 10.4. The van der Waals surface area contributed by atoms with Gasteiger partial charge in [-0.1, -0.05) is 222 Å². The predicted octanol–water partition coefficient (Wildman–Crippen LogP) is 18.1. The number of hydrogen-bond acceptors (Lipinski definition) is 3. The van der Waals surface area contributed by atoms with Gasteiger partial charge in [0.1, 0.15) is 11.6 Å². The Hall–Kier alpha value is -6.35. The summed E-state index contributed by atoms with van der Waals surface area (Å²) in [5.41, 5.74) is 3.27. The van der Waals surface area contributed by atoms with Crippen LogP contribution in [0.5, 0.6) is 5.75 Å². The van der Waals surface area contributed by atoms with E-state index in [4.69, 9.17) is 22.8 Å². The Morgan fingerprint density at radius 1 is 0.577 bits per heavy atom. The van der Waals surface area contributed by atoms with Crippen LogP contribution in [0, 0.1) is 6.07 Å². The number of phenols is 1. The molecule has 0 fully saturated rings. The summed E-state index contributed by atoms with van der Waals surface area (Å²) < 4.78 is 142. The molecule has 0 saturated carbocycles. The van der Waals surface area contributed by atoms with E-state index in [1.807, 2.05) is 80.6 Å². The van der Waals surface area contributed by atoms with Gasteiger partial charge in [-0.2, -0.15) is 0 Å². The maximum absolute atomic E-state index is 12.6. The summed E-state index contributed by atoms with van der Waals surface area (Å²) in [6, 6.07) is 34.7. The Morgan fingerprint density at radius 2 is 1.25 bits per heavy atom. The Morgan fingerprint density at radius 3 is 1.90 bits per heavy atom. The minimum absolute atomic E-state index is 0. The number of pyridine rings is 1. The number of rotatable bonds is 9. The number of aromatic nitrogens is 3. The molecule has 0 spiro atoms. The zero-order chi connectivity index (χ0) is 63.5. The van der Waals surface area contributed by atoms with Crippen molar-refractivity contribution < 1.29 is 48.1 Å². The van der Waals surface area contributed by atoms with E-state index in [0.717, 1.165) is 33.5 Å². The molecule has 71 heavy (non-hydrogen) atoms. The van der Waals surface area contributed by atoms with E-state index in [9.17, 15) is 9.22 Å². The van der Waals surface area contributed by atoms with Crippen LogP contribution in [0.3, 0.4) is 0 Å². The molecule has 4 nitrogen and oxygen atoms in total. The van der Waals surface area contributed by atoms with Crippen molar-refractivity contribution in [1.82, 2.24) is 14.5 Å². The minimum atomic E-state index is -3.94. The van der Waals surface area contributed by atoms with Crippen LogP contribution >= 0.6 is 0 Å². The molecule has 9 rings (SSSR count). The summed E-state index contributed by atoms with van der Waals surface area (Å²) in [5.74, 6) is 0.552. The van der Waals surface area contributed by atoms with Gasteiger partial charge >= 0.3 is 0 Å². The number of hydrogen-bond donors (Lipinski definition) is 1. The van der Waals surface area contributed by atoms with Crippen LogP contribution in [0.15, 0.2) is 158 Å². The molecular weight excluding hydrogens is 1050 g/mol. The van der Waals surface area contributed by atoms with Gasteiger partial charge in [-0.3, -0.25) is 9.55 Å². The summed E-state index contributed by atoms with van der Waals surface area (Å²) in [6.45, 7) is 9.45. The largest absolute Gasteiger partial charge is 0.507 e. The molecule has 0 unspecified atom stereocenters. The summed E-state index contributed by atoms with van der Waals surface area (Å²) in [7, 11) is 0. The first-order valence-corrected chi connectivity index (χ1v) is 23.7. The number of aromatic hydroxyl groups is 1. The van der Waals surface area contributed by atoms with Gasteiger partial charge in [-0.25, -0.2) is 4.98 Å². The van der Waals surface area contributed by atoms with Crippen molar-refractivity contribution in [3.63, 3.8) is 0 Å². The second-order valence-corrected chi connectivity index (χ2v) is 20.8. The normalized spacial score (nSPS) is 16.0. The molecule has 0 amide bonds. The van der Waals surface area contributed by atoms with E-state index in [1.165, 1.54) is 5.56 Å². The van der Waals surface area contributed by atoms with Gasteiger partial charge in [-0.15, -0.1) is 23.8 Å². The number of nitrogens with zero attached hydrogens (tertiary/aromatic N) is 3. The first kappa shape index (κ1) is 34.1. The van der Waals surface area contributed by atoms with Crippen LogP contribution in [0.25, 0.3) is 83.9 Å². The van der Waals surface area contributed by atoms with Gasteiger partial charge in [0.25, 0.3) is 0 Å². The summed E-state index contributed by atoms with van der Waals surface area (Å²) in [5, 5.41) is 12.6. The zero-order valence-electron chi connectivity index (χ0n) is 57.7. The molecule has 1 N–H and O–H groups in total. The van der Waals surface area contributed by atoms with Gasteiger partial charge in [0.2, 0.25) is 0 Å². The molecule has 0 atom stereocenters. The van der Waals surface area contributed by atoms with Gasteiger partial charge in [0.05, 0.1) is 31.9 Å². The molecule has 2 heterocycles. The van der Waals surface area contributed by atoms with Crippen molar-refractivity contribution in [3.8, 4) is 78.6 Å². The van der Waals surface area contributed by atoms with E-state index in [1.54, 1.807) is 6.07 Å². The second kappa shape index (κ2) is 19.7. The Labute approximate surface area is 460 Å². The molecule has 0 aliphatic heterocycles. The molecule has 364 valence electrons. The quantitative estimate of drug-likeness (QED) is 0.147. The third-order valence-corrected chi connectivity index (χ3v) is 12.9. The Balaban J connectivity index is 0.00000982. The van der Waals surface area contributed by atoms with Gasteiger partial charge in [0.15, 0.2) is 0 Å². The van der Waals surface area contributed by atoms with Crippen molar-refractivity contribution in [1.29, 1.82) is 0 Å². The fourth-order valence-corrected chi connectivity index (χ4v) is 8.78. The molecule has 0 saturated heterocycles.